The third kappa shape index (κ3) is 5.63. The molecule has 0 saturated carbocycles. The number of hydrogen-bond donors (Lipinski definition) is 0. The van der Waals surface area contributed by atoms with Crippen molar-refractivity contribution in [2.45, 2.75) is 24.2 Å². The second-order valence-corrected chi connectivity index (χ2v) is 5.70. The molecule has 0 aliphatic carbocycles. The molecule has 0 unspecified atom stereocenters. The molecule has 0 N–H and O–H groups in total. The lowest BCUT2D eigenvalue weighted by Gasteiger charge is -2.19. The SMILES string of the molecule is FC(F)(F)C(F)(F)COc1cccc(-c2cccc(OCC(F)(F)C(F)(F)F)n2)n1. The second-order valence-electron chi connectivity index (χ2n) is 5.70. The van der Waals surface area contributed by atoms with Gasteiger partial charge < -0.3 is 9.47 Å². The van der Waals surface area contributed by atoms with Crippen LogP contribution in [0, 0.1) is 0 Å². The molecule has 30 heavy (non-hydrogen) atoms. The van der Waals surface area contributed by atoms with E-state index < -0.39 is 49.2 Å². The molecule has 0 radical (unpaired) electrons. The van der Waals surface area contributed by atoms with Gasteiger partial charge in [0.1, 0.15) is 0 Å². The molecule has 0 spiro atoms. The first-order chi connectivity index (χ1) is 13.6. The standard InChI is InChI=1S/C16H10F10N2O2/c17-13(18,15(21,22)23)7-29-11-5-1-3-9(27-11)10-4-2-6-12(28-10)30-8-14(19,20)16(24,25)26/h1-6H,7-8H2. The second kappa shape index (κ2) is 8.14. The first kappa shape index (κ1) is 23.5. The molecule has 2 heterocycles. The fraction of sp³-hybridized carbons (Fsp3) is 0.375. The molecular weight excluding hydrogens is 442 g/mol. The minimum atomic E-state index is -5.84. The van der Waals surface area contributed by atoms with Crippen LogP contribution < -0.4 is 9.47 Å². The highest BCUT2D eigenvalue weighted by atomic mass is 19.4. The van der Waals surface area contributed by atoms with E-state index in [4.69, 9.17) is 0 Å². The summed E-state index contributed by atoms with van der Waals surface area (Å²) < 4.78 is 133. The lowest BCUT2D eigenvalue weighted by Crippen LogP contribution is -2.41. The summed E-state index contributed by atoms with van der Waals surface area (Å²) in [6, 6.07) is 6.70. The predicted molar refractivity (Wildman–Crippen MR) is 80.5 cm³/mol. The molecule has 4 nitrogen and oxygen atoms in total. The van der Waals surface area contributed by atoms with Gasteiger partial charge in [-0.25, -0.2) is 9.97 Å². The van der Waals surface area contributed by atoms with E-state index in [1.807, 2.05) is 0 Å². The van der Waals surface area contributed by atoms with E-state index >= 15 is 0 Å². The normalized spacial score (nSPS) is 13.3. The van der Waals surface area contributed by atoms with Crippen molar-refractivity contribution < 1.29 is 53.4 Å². The van der Waals surface area contributed by atoms with Crippen molar-refractivity contribution in [1.82, 2.24) is 9.97 Å². The van der Waals surface area contributed by atoms with Crippen LogP contribution in [0.5, 0.6) is 11.8 Å². The molecule has 0 saturated heterocycles. The van der Waals surface area contributed by atoms with Crippen LogP contribution >= 0.6 is 0 Å². The van der Waals surface area contributed by atoms with Crippen LogP contribution in [0.4, 0.5) is 43.9 Å². The van der Waals surface area contributed by atoms with Gasteiger partial charge in [0.2, 0.25) is 11.8 Å². The molecule has 0 aromatic carbocycles. The van der Waals surface area contributed by atoms with Crippen molar-refractivity contribution in [3.8, 4) is 23.1 Å². The van der Waals surface area contributed by atoms with E-state index in [0.717, 1.165) is 24.3 Å². The number of rotatable bonds is 7. The van der Waals surface area contributed by atoms with E-state index in [0.29, 0.717) is 0 Å². The van der Waals surface area contributed by atoms with Gasteiger partial charge in [-0.05, 0) is 12.1 Å². The quantitative estimate of drug-likeness (QED) is 0.536. The van der Waals surface area contributed by atoms with E-state index in [2.05, 4.69) is 19.4 Å². The van der Waals surface area contributed by atoms with Crippen molar-refractivity contribution in [2.75, 3.05) is 13.2 Å². The average Bonchev–Trinajstić information content (AvgIpc) is 2.63. The summed E-state index contributed by atoms with van der Waals surface area (Å²) in [4.78, 5) is 7.30. The highest BCUT2D eigenvalue weighted by Gasteiger charge is 2.59. The van der Waals surface area contributed by atoms with E-state index in [-0.39, 0.29) is 11.4 Å². The molecule has 2 aromatic rings. The molecule has 14 heteroatoms. The summed E-state index contributed by atoms with van der Waals surface area (Å²) in [7, 11) is 0. The molecule has 0 bridgehead atoms. The largest absolute Gasteiger partial charge is 0.471 e. The van der Waals surface area contributed by atoms with Gasteiger partial charge in [0, 0.05) is 12.1 Å². The Labute approximate surface area is 161 Å². The maximum Gasteiger partial charge on any atom is 0.456 e. The topological polar surface area (TPSA) is 44.2 Å². The maximum absolute atomic E-state index is 12.9. The Bertz CT molecular complexity index is 796. The molecule has 2 rings (SSSR count). The maximum atomic E-state index is 12.9. The Morgan fingerprint density at radius 2 is 0.900 bits per heavy atom. The fourth-order valence-electron chi connectivity index (χ4n) is 1.77. The van der Waals surface area contributed by atoms with Crippen molar-refractivity contribution in [3.05, 3.63) is 36.4 Å². The van der Waals surface area contributed by atoms with Crippen LogP contribution in [0.1, 0.15) is 0 Å². The summed E-state index contributed by atoms with van der Waals surface area (Å²) in [5, 5.41) is 0. The smallest absolute Gasteiger partial charge is 0.456 e. The Balaban J connectivity index is 2.14. The predicted octanol–water partition coefficient (Wildman–Crippen LogP) is 5.30. The monoisotopic (exact) mass is 452 g/mol. The number of pyridine rings is 2. The minimum absolute atomic E-state index is 0.157. The van der Waals surface area contributed by atoms with Gasteiger partial charge >= 0.3 is 24.2 Å². The lowest BCUT2D eigenvalue weighted by molar-refractivity contribution is -0.290. The Hall–Kier alpha value is -2.80. The molecule has 0 fully saturated rings. The summed E-state index contributed by atoms with van der Waals surface area (Å²) in [6.45, 7) is -4.09. The third-order valence-electron chi connectivity index (χ3n) is 3.34. The van der Waals surface area contributed by atoms with Crippen LogP contribution in [-0.4, -0.2) is 47.4 Å². The highest BCUT2D eigenvalue weighted by Crippen LogP contribution is 2.36. The zero-order valence-electron chi connectivity index (χ0n) is 14.4. The van der Waals surface area contributed by atoms with Gasteiger partial charge in [0.15, 0.2) is 13.2 Å². The Morgan fingerprint density at radius 1 is 0.567 bits per heavy atom. The Kier molecular flexibility index (Phi) is 6.37. The van der Waals surface area contributed by atoms with Crippen LogP contribution in [0.25, 0.3) is 11.4 Å². The van der Waals surface area contributed by atoms with Crippen molar-refractivity contribution in [2.24, 2.45) is 0 Å². The minimum Gasteiger partial charge on any atom is -0.471 e. The first-order valence-electron chi connectivity index (χ1n) is 7.71. The number of hydrogen-bond acceptors (Lipinski definition) is 4. The molecular formula is C16H10F10N2O2. The molecule has 0 aliphatic rings. The molecule has 0 aliphatic heterocycles. The Morgan fingerprint density at radius 3 is 1.20 bits per heavy atom. The van der Waals surface area contributed by atoms with Gasteiger partial charge in [-0.1, -0.05) is 12.1 Å². The summed E-state index contributed by atoms with van der Waals surface area (Å²) >= 11 is 0. The number of aromatic nitrogens is 2. The van der Waals surface area contributed by atoms with E-state index in [9.17, 15) is 43.9 Å². The average molecular weight is 452 g/mol. The first-order valence-corrected chi connectivity index (χ1v) is 7.71. The third-order valence-corrected chi connectivity index (χ3v) is 3.34. The van der Waals surface area contributed by atoms with Gasteiger partial charge in [0.25, 0.3) is 0 Å². The molecule has 166 valence electrons. The van der Waals surface area contributed by atoms with Crippen LogP contribution in [0.15, 0.2) is 36.4 Å². The summed E-state index contributed by atoms with van der Waals surface area (Å²) in [5.41, 5.74) is -0.313. The summed E-state index contributed by atoms with van der Waals surface area (Å²) in [6.07, 6.45) is -11.7. The van der Waals surface area contributed by atoms with Crippen LogP contribution in [0.2, 0.25) is 0 Å². The zero-order valence-corrected chi connectivity index (χ0v) is 14.4. The van der Waals surface area contributed by atoms with E-state index in [1.54, 1.807) is 0 Å². The zero-order chi connectivity index (χ0) is 22.8. The number of alkyl halides is 10. The molecule has 2 aromatic heterocycles. The number of ether oxygens (including phenoxy) is 2. The van der Waals surface area contributed by atoms with Gasteiger partial charge in [-0.3, -0.25) is 0 Å². The van der Waals surface area contributed by atoms with E-state index in [1.165, 1.54) is 12.1 Å². The van der Waals surface area contributed by atoms with Gasteiger partial charge in [0.05, 0.1) is 11.4 Å². The van der Waals surface area contributed by atoms with Crippen molar-refractivity contribution in [1.29, 1.82) is 0 Å². The van der Waals surface area contributed by atoms with Gasteiger partial charge in [-0.15, -0.1) is 0 Å². The number of nitrogens with zero attached hydrogens (tertiary/aromatic N) is 2. The van der Waals surface area contributed by atoms with Crippen LogP contribution in [0.3, 0.4) is 0 Å². The molecule has 0 amide bonds. The fourth-order valence-corrected chi connectivity index (χ4v) is 1.77. The highest BCUT2D eigenvalue weighted by molar-refractivity contribution is 5.55. The molecule has 0 atom stereocenters. The van der Waals surface area contributed by atoms with Gasteiger partial charge in [-0.2, -0.15) is 43.9 Å². The number of halogens is 10. The van der Waals surface area contributed by atoms with Crippen molar-refractivity contribution in [3.63, 3.8) is 0 Å². The summed E-state index contributed by atoms with van der Waals surface area (Å²) in [5.74, 6) is -11.5. The van der Waals surface area contributed by atoms with Crippen LogP contribution in [-0.2, 0) is 0 Å². The van der Waals surface area contributed by atoms with Crippen molar-refractivity contribution >= 4 is 0 Å². The lowest BCUT2D eigenvalue weighted by atomic mass is 10.2.